The molecule has 4 rings (SSSR count). The Hall–Kier alpha value is -1.79. The summed E-state index contributed by atoms with van der Waals surface area (Å²) in [5.41, 5.74) is 0.406. The largest absolute Gasteiger partial charge is 0.454 e. The van der Waals surface area contributed by atoms with E-state index in [-0.39, 0.29) is 24.4 Å². The number of ether oxygens (including phenoxy) is 4. The molecular formula is C16H19NO5. The van der Waals surface area contributed by atoms with Gasteiger partial charge in [0.05, 0.1) is 19.2 Å². The van der Waals surface area contributed by atoms with E-state index < -0.39 is 0 Å². The number of carbonyl (C=O) groups is 1. The third-order valence-corrected chi connectivity index (χ3v) is 4.65. The molecule has 6 heteroatoms. The van der Waals surface area contributed by atoms with Crippen LogP contribution >= 0.6 is 0 Å². The van der Waals surface area contributed by atoms with Crippen molar-refractivity contribution in [3.8, 4) is 11.5 Å². The van der Waals surface area contributed by atoms with Gasteiger partial charge in [-0.3, -0.25) is 4.79 Å². The van der Waals surface area contributed by atoms with Crippen LogP contribution in [0.4, 0.5) is 0 Å². The Morgan fingerprint density at radius 1 is 1.32 bits per heavy atom. The predicted octanol–water partition coefficient (Wildman–Crippen LogP) is 1.44. The summed E-state index contributed by atoms with van der Waals surface area (Å²) in [6.07, 6.45) is 2.01. The highest BCUT2D eigenvalue weighted by Crippen LogP contribution is 2.37. The van der Waals surface area contributed by atoms with Crippen LogP contribution in [0.1, 0.15) is 23.2 Å². The Morgan fingerprint density at radius 3 is 2.95 bits per heavy atom. The average molecular weight is 305 g/mol. The number of hydrogen-bond donors (Lipinski definition) is 0. The number of amides is 1. The molecule has 0 saturated carbocycles. The summed E-state index contributed by atoms with van der Waals surface area (Å²) in [5, 5.41) is 0. The molecule has 3 aliphatic rings. The Balaban J connectivity index is 1.43. The molecule has 2 fully saturated rings. The first kappa shape index (κ1) is 13.8. The zero-order chi connectivity index (χ0) is 15.2. The molecule has 6 nitrogen and oxygen atoms in total. The minimum atomic E-state index is -0.217. The SMILES string of the molecule is COC1CCOC2(C1)CN(C(=O)c1ccc3c(c1)OCO3)C2. The van der Waals surface area contributed by atoms with Crippen LogP contribution < -0.4 is 9.47 Å². The van der Waals surface area contributed by atoms with E-state index in [1.807, 2.05) is 4.90 Å². The van der Waals surface area contributed by atoms with Crippen LogP contribution in [0, 0.1) is 0 Å². The lowest BCUT2D eigenvalue weighted by Crippen LogP contribution is -2.67. The Bertz CT molecular complexity index is 596. The van der Waals surface area contributed by atoms with E-state index in [2.05, 4.69) is 0 Å². The fourth-order valence-corrected chi connectivity index (χ4v) is 3.41. The standard InChI is InChI=1S/C16H19NO5/c1-19-12-4-5-22-16(7-12)8-17(9-16)15(18)11-2-3-13-14(6-11)21-10-20-13/h2-3,6,12H,4-5,7-10H2,1H3. The molecule has 1 aromatic rings. The summed E-state index contributed by atoms with van der Waals surface area (Å²) in [6, 6.07) is 5.30. The topological polar surface area (TPSA) is 57.2 Å². The first-order valence-corrected chi connectivity index (χ1v) is 7.55. The van der Waals surface area contributed by atoms with E-state index >= 15 is 0 Å². The first-order valence-electron chi connectivity index (χ1n) is 7.55. The van der Waals surface area contributed by atoms with Crippen molar-refractivity contribution in [2.75, 3.05) is 33.6 Å². The second kappa shape index (κ2) is 5.14. The van der Waals surface area contributed by atoms with Gasteiger partial charge < -0.3 is 23.8 Å². The van der Waals surface area contributed by atoms with Crippen LogP contribution in [-0.2, 0) is 9.47 Å². The average Bonchev–Trinajstić information content (AvgIpc) is 2.99. The fraction of sp³-hybridized carbons (Fsp3) is 0.562. The summed E-state index contributed by atoms with van der Waals surface area (Å²) in [4.78, 5) is 14.4. The lowest BCUT2D eigenvalue weighted by Gasteiger charge is -2.52. The Kier molecular flexibility index (Phi) is 3.23. The van der Waals surface area contributed by atoms with Crippen LogP contribution in [0.5, 0.6) is 11.5 Å². The summed E-state index contributed by atoms with van der Waals surface area (Å²) in [6.45, 7) is 2.16. The smallest absolute Gasteiger partial charge is 0.254 e. The van der Waals surface area contributed by atoms with Crippen molar-refractivity contribution >= 4 is 5.91 Å². The third kappa shape index (κ3) is 2.23. The zero-order valence-electron chi connectivity index (χ0n) is 12.5. The minimum Gasteiger partial charge on any atom is -0.454 e. The number of fused-ring (bicyclic) bond motifs is 1. The van der Waals surface area contributed by atoms with E-state index in [0.717, 1.165) is 12.8 Å². The van der Waals surface area contributed by atoms with Crippen molar-refractivity contribution < 1.29 is 23.7 Å². The first-order chi connectivity index (χ1) is 10.7. The monoisotopic (exact) mass is 305 g/mol. The molecule has 3 aliphatic heterocycles. The molecule has 1 aromatic carbocycles. The fourth-order valence-electron chi connectivity index (χ4n) is 3.41. The van der Waals surface area contributed by atoms with Crippen molar-refractivity contribution in [2.24, 2.45) is 0 Å². The summed E-state index contributed by atoms with van der Waals surface area (Å²) in [7, 11) is 1.73. The molecule has 0 radical (unpaired) electrons. The maximum absolute atomic E-state index is 12.5. The Labute approximate surface area is 128 Å². The normalized spacial score (nSPS) is 25.1. The van der Waals surface area contributed by atoms with E-state index in [0.29, 0.717) is 36.8 Å². The molecule has 0 bridgehead atoms. The number of likely N-dealkylation sites (tertiary alicyclic amines) is 1. The number of benzene rings is 1. The van der Waals surface area contributed by atoms with Gasteiger partial charge in [-0.1, -0.05) is 0 Å². The molecule has 0 aliphatic carbocycles. The van der Waals surface area contributed by atoms with Gasteiger partial charge in [-0.2, -0.15) is 0 Å². The summed E-state index contributed by atoms with van der Waals surface area (Å²) >= 11 is 0. The van der Waals surface area contributed by atoms with Crippen molar-refractivity contribution in [1.82, 2.24) is 4.90 Å². The zero-order valence-corrected chi connectivity index (χ0v) is 12.5. The van der Waals surface area contributed by atoms with Gasteiger partial charge in [0, 0.05) is 25.7 Å². The van der Waals surface area contributed by atoms with Crippen LogP contribution in [0.25, 0.3) is 0 Å². The van der Waals surface area contributed by atoms with Gasteiger partial charge in [0.25, 0.3) is 5.91 Å². The highest BCUT2D eigenvalue weighted by atomic mass is 16.7. The van der Waals surface area contributed by atoms with E-state index in [1.54, 1.807) is 25.3 Å². The maximum atomic E-state index is 12.5. The van der Waals surface area contributed by atoms with E-state index in [9.17, 15) is 4.79 Å². The minimum absolute atomic E-state index is 0.00654. The number of hydrogen-bond acceptors (Lipinski definition) is 5. The molecule has 1 unspecified atom stereocenters. The third-order valence-electron chi connectivity index (χ3n) is 4.65. The van der Waals surface area contributed by atoms with E-state index in [1.165, 1.54) is 0 Å². The van der Waals surface area contributed by atoms with Gasteiger partial charge in [0.1, 0.15) is 5.60 Å². The highest BCUT2D eigenvalue weighted by Gasteiger charge is 2.49. The lowest BCUT2D eigenvalue weighted by atomic mass is 9.84. The second-order valence-corrected chi connectivity index (χ2v) is 6.11. The molecular weight excluding hydrogens is 286 g/mol. The van der Waals surface area contributed by atoms with Gasteiger partial charge >= 0.3 is 0 Å². The van der Waals surface area contributed by atoms with Gasteiger partial charge in [-0.05, 0) is 24.6 Å². The van der Waals surface area contributed by atoms with Crippen molar-refractivity contribution in [3.05, 3.63) is 23.8 Å². The molecule has 22 heavy (non-hydrogen) atoms. The molecule has 1 spiro atoms. The van der Waals surface area contributed by atoms with Crippen LogP contribution in [0.3, 0.4) is 0 Å². The molecule has 1 amide bonds. The number of nitrogens with zero attached hydrogens (tertiary/aromatic N) is 1. The van der Waals surface area contributed by atoms with Gasteiger partial charge in [-0.15, -0.1) is 0 Å². The van der Waals surface area contributed by atoms with Crippen molar-refractivity contribution in [2.45, 2.75) is 24.5 Å². The van der Waals surface area contributed by atoms with Crippen LogP contribution in [0.2, 0.25) is 0 Å². The van der Waals surface area contributed by atoms with Gasteiger partial charge in [0.2, 0.25) is 6.79 Å². The number of carbonyl (C=O) groups excluding carboxylic acids is 1. The van der Waals surface area contributed by atoms with Gasteiger partial charge in [0.15, 0.2) is 11.5 Å². The summed E-state index contributed by atoms with van der Waals surface area (Å²) in [5.74, 6) is 1.33. The molecule has 0 N–H and O–H groups in total. The molecule has 0 aromatic heterocycles. The Morgan fingerprint density at radius 2 is 2.14 bits per heavy atom. The predicted molar refractivity (Wildman–Crippen MR) is 77.2 cm³/mol. The van der Waals surface area contributed by atoms with Crippen molar-refractivity contribution in [1.29, 1.82) is 0 Å². The maximum Gasteiger partial charge on any atom is 0.254 e. The van der Waals surface area contributed by atoms with Gasteiger partial charge in [-0.25, -0.2) is 0 Å². The highest BCUT2D eigenvalue weighted by molar-refractivity contribution is 5.95. The molecule has 2 saturated heterocycles. The second-order valence-electron chi connectivity index (χ2n) is 6.11. The molecule has 1 atom stereocenters. The lowest BCUT2D eigenvalue weighted by molar-refractivity contribution is -0.181. The van der Waals surface area contributed by atoms with E-state index in [4.69, 9.17) is 18.9 Å². The van der Waals surface area contributed by atoms with Crippen molar-refractivity contribution in [3.63, 3.8) is 0 Å². The molecule has 3 heterocycles. The summed E-state index contributed by atoms with van der Waals surface area (Å²) < 4.78 is 21.9. The number of methoxy groups -OCH3 is 1. The molecule has 118 valence electrons. The van der Waals surface area contributed by atoms with Crippen LogP contribution in [0.15, 0.2) is 18.2 Å². The van der Waals surface area contributed by atoms with Crippen LogP contribution in [-0.4, -0.2) is 56.1 Å². The quantitative estimate of drug-likeness (QED) is 0.827. The number of rotatable bonds is 2.